The molecule has 2 N–H and O–H groups in total. The number of aromatic nitrogens is 1. The Morgan fingerprint density at radius 3 is 2.71 bits per heavy atom. The van der Waals surface area contributed by atoms with Gasteiger partial charge in [0.2, 0.25) is 5.91 Å². The Labute approximate surface area is 142 Å². The van der Waals surface area contributed by atoms with Crippen molar-refractivity contribution in [3.05, 3.63) is 36.0 Å². The van der Waals surface area contributed by atoms with Crippen molar-refractivity contribution in [2.75, 3.05) is 6.54 Å². The zero-order valence-corrected chi connectivity index (χ0v) is 14.4. The third-order valence-electron chi connectivity index (χ3n) is 5.03. The van der Waals surface area contributed by atoms with E-state index in [9.17, 15) is 9.59 Å². The molecule has 1 saturated heterocycles. The Bertz CT molecular complexity index is 765. The topological polar surface area (TPSA) is 68.3 Å². The first kappa shape index (κ1) is 16.6. The van der Waals surface area contributed by atoms with Gasteiger partial charge in [0.15, 0.2) is 0 Å². The minimum Gasteiger partial charge on any atom is -0.369 e. The highest BCUT2D eigenvalue weighted by Gasteiger charge is 2.33. The fourth-order valence-corrected chi connectivity index (χ4v) is 3.62. The molecule has 0 aliphatic carbocycles. The molecule has 2 unspecified atom stereocenters. The number of fused-ring (bicyclic) bond motifs is 1. The molecule has 2 amide bonds. The predicted molar refractivity (Wildman–Crippen MR) is 94.6 cm³/mol. The fourth-order valence-electron chi connectivity index (χ4n) is 3.62. The van der Waals surface area contributed by atoms with Crippen molar-refractivity contribution in [3.63, 3.8) is 0 Å². The van der Waals surface area contributed by atoms with E-state index in [0.717, 1.165) is 42.3 Å². The molecule has 1 fully saturated rings. The Morgan fingerprint density at radius 2 is 2.00 bits per heavy atom. The molecule has 3 rings (SSSR count). The lowest BCUT2D eigenvalue weighted by Crippen LogP contribution is -2.48. The van der Waals surface area contributed by atoms with Crippen LogP contribution in [0.3, 0.4) is 0 Å². The number of aryl methyl sites for hydroxylation is 1. The smallest absolute Gasteiger partial charge is 0.256 e. The summed E-state index contributed by atoms with van der Waals surface area (Å²) in [5.74, 6) is -0.554. The van der Waals surface area contributed by atoms with E-state index < -0.39 is 0 Å². The number of likely N-dealkylation sites (tertiary alicyclic amines) is 1. The number of hydrogen-bond donors (Lipinski definition) is 1. The summed E-state index contributed by atoms with van der Waals surface area (Å²) in [5, 5.41) is 0.976. The molecular formula is C19H25N3O2. The number of para-hydroxylation sites is 1. The van der Waals surface area contributed by atoms with Gasteiger partial charge in [0.1, 0.15) is 0 Å². The SMILES string of the molecule is CCCn1cc(C(=O)N2CC(C(N)=O)CCC2C)c2ccccc21. The molecule has 2 heterocycles. The molecule has 0 bridgehead atoms. The maximum absolute atomic E-state index is 13.2. The van der Waals surface area contributed by atoms with Crippen molar-refractivity contribution in [1.82, 2.24) is 9.47 Å². The van der Waals surface area contributed by atoms with E-state index in [1.807, 2.05) is 42.3 Å². The van der Waals surface area contributed by atoms with Gasteiger partial charge < -0.3 is 15.2 Å². The van der Waals surface area contributed by atoms with Crippen molar-refractivity contribution in [1.29, 1.82) is 0 Å². The maximum atomic E-state index is 13.2. The van der Waals surface area contributed by atoms with E-state index >= 15 is 0 Å². The molecular weight excluding hydrogens is 302 g/mol. The van der Waals surface area contributed by atoms with E-state index in [-0.39, 0.29) is 23.8 Å². The first-order valence-electron chi connectivity index (χ1n) is 8.71. The number of carbonyl (C=O) groups is 2. The summed E-state index contributed by atoms with van der Waals surface area (Å²) in [6, 6.07) is 8.13. The summed E-state index contributed by atoms with van der Waals surface area (Å²) < 4.78 is 2.14. The standard InChI is InChI=1S/C19H25N3O2/c1-3-10-21-12-16(15-6-4-5-7-17(15)21)19(24)22-11-14(18(20)23)9-8-13(22)2/h4-7,12-14H,3,8-11H2,1-2H3,(H2,20,23). The second kappa shape index (κ2) is 6.67. The lowest BCUT2D eigenvalue weighted by molar-refractivity contribution is -0.123. The molecule has 0 saturated carbocycles. The summed E-state index contributed by atoms with van der Waals surface area (Å²) in [4.78, 5) is 26.5. The van der Waals surface area contributed by atoms with Crippen LogP contribution in [0.15, 0.2) is 30.5 Å². The highest BCUT2D eigenvalue weighted by atomic mass is 16.2. The number of benzene rings is 1. The van der Waals surface area contributed by atoms with Gasteiger partial charge in [-0.25, -0.2) is 0 Å². The van der Waals surface area contributed by atoms with Crippen LogP contribution in [-0.4, -0.2) is 33.9 Å². The van der Waals surface area contributed by atoms with Crippen LogP contribution in [0.4, 0.5) is 0 Å². The van der Waals surface area contributed by atoms with E-state index in [1.54, 1.807) is 0 Å². The molecule has 2 atom stereocenters. The molecule has 0 spiro atoms. The summed E-state index contributed by atoms with van der Waals surface area (Å²) in [6.07, 6.45) is 4.54. The molecule has 1 aromatic carbocycles. The highest BCUT2D eigenvalue weighted by Crippen LogP contribution is 2.28. The number of hydrogen-bond acceptors (Lipinski definition) is 2. The highest BCUT2D eigenvalue weighted by molar-refractivity contribution is 6.07. The normalized spacial score (nSPS) is 21.2. The lowest BCUT2D eigenvalue weighted by Gasteiger charge is -2.36. The van der Waals surface area contributed by atoms with Crippen molar-refractivity contribution in [3.8, 4) is 0 Å². The molecule has 128 valence electrons. The predicted octanol–water partition coefficient (Wildman–Crippen LogP) is 2.78. The third-order valence-corrected chi connectivity index (χ3v) is 5.03. The number of rotatable bonds is 4. The van der Waals surface area contributed by atoms with Crippen LogP contribution in [0, 0.1) is 5.92 Å². The van der Waals surface area contributed by atoms with Crippen LogP contribution in [0.5, 0.6) is 0 Å². The molecule has 2 aromatic rings. The largest absolute Gasteiger partial charge is 0.369 e. The molecule has 1 aromatic heterocycles. The zero-order chi connectivity index (χ0) is 17.3. The van der Waals surface area contributed by atoms with E-state index in [1.165, 1.54) is 0 Å². The minimum atomic E-state index is -0.312. The van der Waals surface area contributed by atoms with Crippen LogP contribution in [0.1, 0.15) is 43.5 Å². The number of carbonyl (C=O) groups excluding carboxylic acids is 2. The van der Waals surface area contributed by atoms with Gasteiger partial charge in [-0.1, -0.05) is 25.1 Å². The zero-order valence-electron chi connectivity index (χ0n) is 14.4. The van der Waals surface area contributed by atoms with Gasteiger partial charge in [-0.15, -0.1) is 0 Å². The van der Waals surface area contributed by atoms with Crippen LogP contribution in [-0.2, 0) is 11.3 Å². The molecule has 1 aliphatic rings. The second-order valence-electron chi connectivity index (χ2n) is 6.74. The van der Waals surface area contributed by atoms with E-state index in [4.69, 9.17) is 5.73 Å². The van der Waals surface area contributed by atoms with Crippen LogP contribution in [0.2, 0.25) is 0 Å². The maximum Gasteiger partial charge on any atom is 0.256 e. The molecule has 0 radical (unpaired) electrons. The molecule has 1 aliphatic heterocycles. The van der Waals surface area contributed by atoms with Gasteiger partial charge in [-0.05, 0) is 32.3 Å². The third kappa shape index (κ3) is 2.90. The van der Waals surface area contributed by atoms with Crippen molar-refractivity contribution in [2.45, 2.75) is 45.7 Å². The number of nitrogens with zero attached hydrogens (tertiary/aromatic N) is 2. The summed E-state index contributed by atoms with van der Waals surface area (Å²) in [5.41, 5.74) is 7.27. The Balaban J connectivity index is 1.97. The second-order valence-corrected chi connectivity index (χ2v) is 6.74. The number of piperidine rings is 1. The first-order valence-corrected chi connectivity index (χ1v) is 8.71. The number of primary amides is 1. The van der Waals surface area contributed by atoms with Crippen molar-refractivity contribution >= 4 is 22.7 Å². The van der Waals surface area contributed by atoms with Crippen LogP contribution in [0.25, 0.3) is 10.9 Å². The lowest BCUT2D eigenvalue weighted by atomic mass is 9.92. The van der Waals surface area contributed by atoms with Gasteiger partial charge in [-0.3, -0.25) is 9.59 Å². The Hall–Kier alpha value is -2.30. The molecule has 5 nitrogen and oxygen atoms in total. The number of nitrogens with two attached hydrogens (primary N) is 1. The van der Waals surface area contributed by atoms with Crippen molar-refractivity contribution < 1.29 is 9.59 Å². The van der Waals surface area contributed by atoms with Gasteiger partial charge in [-0.2, -0.15) is 0 Å². The van der Waals surface area contributed by atoms with E-state index in [0.29, 0.717) is 6.54 Å². The quantitative estimate of drug-likeness (QED) is 0.938. The van der Waals surface area contributed by atoms with Crippen LogP contribution >= 0.6 is 0 Å². The number of amides is 2. The van der Waals surface area contributed by atoms with Crippen molar-refractivity contribution in [2.24, 2.45) is 11.7 Å². The monoisotopic (exact) mass is 327 g/mol. The van der Waals surface area contributed by atoms with Gasteiger partial charge in [0.25, 0.3) is 5.91 Å². The summed E-state index contributed by atoms with van der Waals surface area (Å²) >= 11 is 0. The van der Waals surface area contributed by atoms with Gasteiger partial charge in [0, 0.05) is 36.2 Å². The average molecular weight is 327 g/mol. The molecule has 24 heavy (non-hydrogen) atoms. The summed E-state index contributed by atoms with van der Waals surface area (Å²) in [7, 11) is 0. The van der Waals surface area contributed by atoms with Crippen LogP contribution < -0.4 is 5.73 Å². The first-order chi connectivity index (χ1) is 11.5. The minimum absolute atomic E-state index is 0.000460. The van der Waals surface area contributed by atoms with Gasteiger partial charge >= 0.3 is 0 Å². The fraction of sp³-hybridized carbons (Fsp3) is 0.474. The Kier molecular flexibility index (Phi) is 4.60. The Morgan fingerprint density at radius 1 is 1.25 bits per heavy atom. The average Bonchev–Trinajstić information content (AvgIpc) is 2.94. The van der Waals surface area contributed by atoms with E-state index in [2.05, 4.69) is 11.5 Å². The molecule has 5 heteroatoms. The van der Waals surface area contributed by atoms with Gasteiger partial charge in [0.05, 0.1) is 11.5 Å². The summed E-state index contributed by atoms with van der Waals surface area (Å²) in [6.45, 7) is 5.47.